The molecule has 34 heavy (non-hydrogen) atoms. The molecule has 0 atom stereocenters. The molecule has 1 aliphatic rings. The van der Waals surface area contributed by atoms with Gasteiger partial charge in [-0.05, 0) is 86.5 Å². The Bertz CT molecular complexity index is 1400. The summed E-state index contributed by atoms with van der Waals surface area (Å²) in [5, 5.41) is 11.9. The van der Waals surface area contributed by atoms with E-state index >= 15 is 0 Å². The number of imide groups is 2. The smallest absolute Gasteiger partial charge is 0.335 e. The van der Waals surface area contributed by atoms with Gasteiger partial charge in [0.1, 0.15) is 5.57 Å². The molecule has 1 saturated heterocycles. The van der Waals surface area contributed by atoms with Crippen molar-refractivity contribution in [2.75, 3.05) is 4.90 Å². The van der Waals surface area contributed by atoms with E-state index < -0.39 is 23.8 Å². The van der Waals surface area contributed by atoms with Crippen molar-refractivity contribution in [3.8, 4) is 5.69 Å². The van der Waals surface area contributed by atoms with Gasteiger partial charge in [0.15, 0.2) is 0 Å². The number of carboxylic acids is 1. The molecule has 1 fully saturated rings. The predicted molar refractivity (Wildman–Crippen MR) is 127 cm³/mol. The average Bonchev–Trinajstić information content (AvgIpc) is 3.05. The number of aromatic carboxylic acids is 1. The van der Waals surface area contributed by atoms with Crippen molar-refractivity contribution in [3.05, 3.63) is 87.2 Å². The van der Waals surface area contributed by atoms with Crippen LogP contribution in [-0.2, 0) is 9.59 Å². The Morgan fingerprint density at radius 1 is 1.00 bits per heavy atom. The predicted octanol–water partition coefficient (Wildman–Crippen LogP) is 4.42. The minimum absolute atomic E-state index is 0.183. The lowest BCUT2D eigenvalue weighted by Gasteiger charge is -2.26. The van der Waals surface area contributed by atoms with Crippen LogP contribution in [0.3, 0.4) is 0 Å². The molecule has 2 aromatic carbocycles. The van der Waals surface area contributed by atoms with E-state index in [4.69, 9.17) is 11.6 Å². The van der Waals surface area contributed by atoms with E-state index in [1.165, 1.54) is 24.3 Å². The molecule has 0 radical (unpaired) electrons. The molecule has 172 valence electrons. The zero-order valence-electron chi connectivity index (χ0n) is 18.5. The lowest BCUT2D eigenvalue weighted by molar-refractivity contribution is -0.122. The molecule has 2 N–H and O–H groups in total. The molecular formula is C25H20ClN3O5. The third-order valence-electron chi connectivity index (χ3n) is 5.64. The van der Waals surface area contributed by atoms with E-state index in [-0.39, 0.29) is 16.8 Å². The number of carboxylic acid groups (broad SMARTS) is 1. The molecule has 0 aliphatic carbocycles. The summed E-state index contributed by atoms with van der Waals surface area (Å²) in [6, 6.07) is 11.9. The molecule has 9 heteroatoms. The van der Waals surface area contributed by atoms with Crippen molar-refractivity contribution < 1.29 is 24.3 Å². The molecule has 0 bridgehead atoms. The number of nitrogens with one attached hydrogen (secondary N) is 1. The number of barbiturate groups is 1. The number of urea groups is 1. The Kier molecular flexibility index (Phi) is 5.85. The lowest BCUT2D eigenvalue weighted by Crippen LogP contribution is -2.54. The van der Waals surface area contributed by atoms with Crippen LogP contribution in [0.25, 0.3) is 11.8 Å². The van der Waals surface area contributed by atoms with Gasteiger partial charge in [0.25, 0.3) is 11.8 Å². The van der Waals surface area contributed by atoms with E-state index in [0.717, 1.165) is 27.5 Å². The highest BCUT2D eigenvalue weighted by Crippen LogP contribution is 2.28. The zero-order chi connectivity index (χ0) is 24.7. The van der Waals surface area contributed by atoms with Gasteiger partial charge in [-0.25, -0.2) is 14.5 Å². The first-order chi connectivity index (χ1) is 16.1. The van der Waals surface area contributed by atoms with Crippen molar-refractivity contribution in [1.29, 1.82) is 0 Å². The SMILES string of the molecule is Cc1cc(C(=O)O)ccc1-n1c(C)cc(/C=C2\C(=O)NC(=O)N(c3ccc(Cl)cc3)C2=O)c1C. The third kappa shape index (κ3) is 3.99. The second-order valence-corrected chi connectivity index (χ2v) is 8.34. The van der Waals surface area contributed by atoms with Gasteiger partial charge in [-0.2, -0.15) is 0 Å². The van der Waals surface area contributed by atoms with Gasteiger partial charge in [-0.15, -0.1) is 0 Å². The van der Waals surface area contributed by atoms with Crippen molar-refractivity contribution >= 4 is 47.2 Å². The number of halogens is 1. The fourth-order valence-electron chi connectivity index (χ4n) is 3.98. The van der Waals surface area contributed by atoms with Crippen molar-refractivity contribution in [3.63, 3.8) is 0 Å². The zero-order valence-corrected chi connectivity index (χ0v) is 19.3. The first-order valence-corrected chi connectivity index (χ1v) is 10.7. The molecule has 2 heterocycles. The Balaban J connectivity index is 1.76. The highest BCUT2D eigenvalue weighted by molar-refractivity contribution is 6.39. The van der Waals surface area contributed by atoms with Gasteiger partial charge in [-0.3, -0.25) is 14.9 Å². The largest absolute Gasteiger partial charge is 0.478 e. The molecule has 0 saturated carbocycles. The average molecular weight is 478 g/mol. The summed E-state index contributed by atoms with van der Waals surface area (Å²) in [5.74, 6) is -2.54. The Hall–Kier alpha value is -4.17. The molecule has 3 aromatic rings. The van der Waals surface area contributed by atoms with Crippen LogP contribution in [0.1, 0.15) is 32.9 Å². The Labute approximate surface area is 200 Å². The van der Waals surface area contributed by atoms with Crippen molar-refractivity contribution in [1.82, 2.24) is 9.88 Å². The Morgan fingerprint density at radius 2 is 1.68 bits per heavy atom. The number of amides is 4. The van der Waals surface area contributed by atoms with E-state index in [1.807, 2.05) is 31.4 Å². The highest BCUT2D eigenvalue weighted by Gasteiger charge is 2.37. The van der Waals surface area contributed by atoms with E-state index in [2.05, 4.69) is 5.32 Å². The second-order valence-electron chi connectivity index (χ2n) is 7.90. The van der Waals surface area contributed by atoms with Crippen LogP contribution in [0.5, 0.6) is 0 Å². The van der Waals surface area contributed by atoms with Crippen LogP contribution in [-0.4, -0.2) is 33.5 Å². The van der Waals surface area contributed by atoms with Crippen LogP contribution in [0, 0.1) is 20.8 Å². The number of aromatic nitrogens is 1. The summed E-state index contributed by atoms with van der Waals surface area (Å²) in [6.07, 6.45) is 1.45. The maximum atomic E-state index is 13.1. The summed E-state index contributed by atoms with van der Waals surface area (Å²) >= 11 is 5.90. The first kappa shape index (κ1) is 23.0. The van der Waals surface area contributed by atoms with Crippen molar-refractivity contribution in [2.45, 2.75) is 20.8 Å². The van der Waals surface area contributed by atoms with Gasteiger partial charge < -0.3 is 9.67 Å². The van der Waals surface area contributed by atoms with Gasteiger partial charge in [0.05, 0.1) is 11.3 Å². The fourth-order valence-corrected chi connectivity index (χ4v) is 4.11. The first-order valence-electron chi connectivity index (χ1n) is 10.3. The fraction of sp³-hybridized carbons (Fsp3) is 0.120. The van der Waals surface area contributed by atoms with Crippen LogP contribution in [0.2, 0.25) is 5.02 Å². The molecule has 1 aliphatic heterocycles. The second kappa shape index (κ2) is 8.64. The quantitative estimate of drug-likeness (QED) is 0.427. The maximum Gasteiger partial charge on any atom is 0.335 e. The number of hydrogen-bond acceptors (Lipinski definition) is 4. The summed E-state index contributed by atoms with van der Waals surface area (Å²) in [7, 11) is 0. The van der Waals surface area contributed by atoms with E-state index in [0.29, 0.717) is 10.6 Å². The van der Waals surface area contributed by atoms with Crippen LogP contribution >= 0.6 is 11.6 Å². The minimum atomic E-state index is -1.01. The topological polar surface area (TPSA) is 109 Å². The van der Waals surface area contributed by atoms with Crippen LogP contribution in [0.15, 0.2) is 54.1 Å². The van der Waals surface area contributed by atoms with E-state index in [9.17, 15) is 24.3 Å². The summed E-state index contributed by atoms with van der Waals surface area (Å²) < 4.78 is 1.92. The molecule has 0 unspecified atom stereocenters. The number of benzene rings is 2. The maximum absolute atomic E-state index is 13.1. The van der Waals surface area contributed by atoms with E-state index in [1.54, 1.807) is 24.3 Å². The third-order valence-corrected chi connectivity index (χ3v) is 5.89. The molecule has 8 nitrogen and oxygen atoms in total. The van der Waals surface area contributed by atoms with Gasteiger partial charge in [0.2, 0.25) is 0 Å². The standard InChI is InChI=1S/C25H20ClN3O5/c1-13-10-16(24(32)33)4-9-21(13)28-14(2)11-17(15(28)3)12-20-22(30)27-25(34)29(23(20)31)19-7-5-18(26)6-8-19/h4-12H,1-3H3,(H,32,33)(H,27,30,34)/b20-12+. The number of aryl methyl sites for hydroxylation is 2. The normalized spacial score (nSPS) is 15.1. The van der Waals surface area contributed by atoms with Crippen LogP contribution < -0.4 is 10.2 Å². The monoisotopic (exact) mass is 477 g/mol. The van der Waals surface area contributed by atoms with Crippen LogP contribution in [0.4, 0.5) is 10.5 Å². The summed E-state index contributed by atoms with van der Waals surface area (Å²) in [5.41, 5.74) is 3.99. The molecule has 4 rings (SSSR count). The molecule has 0 spiro atoms. The van der Waals surface area contributed by atoms with Gasteiger partial charge in [-0.1, -0.05) is 11.6 Å². The summed E-state index contributed by atoms with van der Waals surface area (Å²) in [4.78, 5) is 50.2. The number of rotatable bonds is 4. The summed E-state index contributed by atoms with van der Waals surface area (Å²) in [6.45, 7) is 5.51. The molecule has 1 aromatic heterocycles. The molecular weight excluding hydrogens is 458 g/mol. The highest BCUT2D eigenvalue weighted by atomic mass is 35.5. The molecule has 4 amide bonds. The van der Waals surface area contributed by atoms with Gasteiger partial charge in [0, 0.05) is 22.1 Å². The number of carbonyl (C=O) groups excluding carboxylic acids is 3. The Morgan fingerprint density at radius 3 is 2.29 bits per heavy atom. The number of anilines is 1. The lowest BCUT2D eigenvalue weighted by atomic mass is 10.1. The number of carbonyl (C=O) groups is 4. The minimum Gasteiger partial charge on any atom is -0.478 e. The number of nitrogens with zero attached hydrogens (tertiary/aromatic N) is 2. The number of hydrogen-bond donors (Lipinski definition) is 2. The van der Waals surface area contributed by atoms with Crippen molar-refractivity contribution in [2.24, 2.45) is 0 Å². The van der Waals surface area contributed by atoms with Gasteiger partial charge >= 0.3 is 12.0 Å².